The molecule has 3 N–H and O–H groups in total. The number of likely N-dealkylation sites (N-methyl/N-ethyl adjacent to an activating group) is 1. The number of nitrogens with zero attached hydrogens (tertiary/aromatic N) is 3. The molecule has 0 aromatic carbocycles. The number of carbonyl (C=O) groups excluding carboxylic acids is 1. The van der Waals surface area contributed by atoms with Crippen molar-refractivity contribution in [2.45, 2.75) is 18.9 Å². The maximum absolute atomic E-state index is 11.8. The molecule has 2 rings (SSSR count). The molecule has 0 saturated carbocycles. The van der Waals surface area contributed by atoms with E-state index in [-0.39, 0.29) is 11.9 Å². The number of anilines is 2. The molecule has 1 atom stereocenters. The highest BCUT2D eigenvalue weighted by molar-refractivity contribution is 5.87. The number of rotatable bonds is 2. The van der Waals surface area contributed by atoms with Crippen LogP contribution >= 0.6 is 0 Å². The summed E-state index contributed by atoms with van der Waals surface area (Å²) < 4.78 is 0. The number of pyridine rings is 1. The van der Waals surface area contributed by atoms with Crippen LogP contribution in [0.3, 0.4) is 0 Å². The van der Waals surface area contributed by atoms with Crippen LogP contribution in [0.1, 0.15) is 18.4 Å². The van der Waals surface area contributed by atoms with Crippen LogP contribution in [0.15, 0.2) is 12.3 Å². The first-order valence-corrected chi connectivity index (χ1v) is 5.82. The number of nitrogens with two attached hydrogens (primary N) is 1. The summed E-state index contributed by atoms with van der Waals surface area (Å²) >= 11 is 0. The van der Waals surface area contributed by atoms with E-state index in [2.05, 4.69) is 10.3 Å². The lowest BCUT2D eigenvalue weighted by Crippen LogP contribution is -2.42. The van der Waals surface area contributed by atoms with Crippen molar-refractivity contribution in [3.63, 3.8) is 0 Å². The SMILES string of the molecule is CNC(=O)C1CCCN1c1nccc(C#N)c1N. The van der Waals surface area contributed by atoms with E-state index in [0.29, 0.717) is 17.1 Å². The Kier molecular flexibility index (Phi) is 3.33. The number of nitriles is 1. The average molecular weight is 245 g/mol. The van der Waals surface area contributed by atoms with Crippen molar-refractivity contribution in [3.05, 3.63) is 17.8 Å². The van der Waals surface area contributed by atoms with Gasteiger partial charge in [0.25, 0.3) is 0 Å². The van der Waals surface area contributed by atoms with Crippen LogP contribution in [0.25, 0.3) is 0 Å². The van der Waals surface area contributed by atoms with E-state index in [1.807, 2.05) is 11.0 Å². The van der Waals surface area contributed by atoms with E-state index in [0.717, 1.165) is 19.4 Å². The van der Waals surface area contributed by atoms with Gasteiger partial charge in [-0.25, -0.2) is 4.98 Å². The molecule has 1 aromatic heterocycles. The van der Waals surface area contributed by atoms with Gasteiger partial charge in [0.2, 0.25) is 5.91 Å². The van der Waals surface area contributed by atoms with Crippen molar-refractivity contribution in [3.8, 4) is 6.07 Å². The Hall–Kier alpha value is -2.29. The highest BCUT2D eigenvalue weighted by Gasteiger charge is 2.32. The lowest BCUT2D eigenvalue weighted by molar-refractivity contribution is -0.121. The van der Waals surface area contributed by atoms with Crippen molar-refractivity contribution in [2.75, 3.05) is 24.2 Å². The molecule has 0 aliphatic carbocycles. The summed E-state index contributed by atoms with van der Waals surface area (Å²) in [6.45, 7) is 0.726. The Balaban J connectivity index is 2.37. The van der Waals surface area contributed by atoms with Gasteiger partial charge in [-0.3, -0.25) is 4.79 Å². The first-order valence-electron chi connectivity index (χ1n) is 5.82. The molecule has 0 spiro atoms. The lowest BCUT2D eigenvalue weighted by atomic mass is 10.2. The summed E-state index contributed by atoms with van der Waals surface area (Å²) in [7, 11) is 1.61. The van der Waals surface area contributed by atoms with Gasteiger partial charge >= 0.3 is 0 Å². The van der Waals surface area contributed by atoms with Gasteiger partial charge in [-0.05, 0) is 18.9 Å². The molecular formula is C12H15N5O. The van der Waals surface area contributed by atoms with Gasteiger partial charge in [0, 0.05) is 19.8 Å². The molecule has 1 aliphatic rings. The van der Waals surface area contributed by atoms with E-state index in [1.165, 1.54) is 0 Å². The van der Waals surface area contributed by atoms with Crippen LogP contribution in [-0.2, 0) is 4.79 Å². The number of nitrogens with one attached hydrogen (secondary N) is 1. The number of aromatic nitrogens is 1. The van der Waals surface area contributed by atoms with Gasteiger partial charge in [0.15, 0.2) is 5.82 Å². The number of hydrogen-bond acceptors (Lipinski definition) is 5. The lowest BCUT2D eigenvalue weighted by Gasteiger charge is -2.25. The predicted molar refractivity (Wildman–Crippen MR) is 67.8 cm³/mol. The van der Waals surface area contributed by atoms with Crippen LogP contribution in [0.2, 0.25) is 0 Å². The fourth-order valence-corrected chi connectivity index (χ4v) is 2.25. The topological polar surface area (TPSA) is 95.0 Å². The van der Waals surface area contributed by atoms with E-state index in [9.17, 15) is 4.79 Å². The molecule has 1 aromatic rings. The monoisotopic (exact) mass is 245 g/mol. The molecular weight excluding hydrogens is 230 g/mol. The Morgan fingerprint density at radius 2 is 2.50 bits per heavy atom. The third-order valence-corrected chi connectivity index (χ3v) is 3.16. The highest BCUT2D eigenvalue weighted by atomic mass is 16.2. The molecule has 94 valence electrons. The minimum Gasteiger partial charge on any atom is -0.395 e. The predicted octanol–water partition coefficient (Wildman–Crippen LogP) is 0.250. The summed E-state index contributed by atoms with van der Waals surface area (Å²) in [5, 5.41) is 11.6. The molecule has 0 radical (unpaired) electrons. The third kappa shape index (κ3) is 1.95. The van der Waals surface area contributed by atoms with Crippen molar-refractivity contribution < 1.29 is 4.79 Å². The zero-order valence-corrected chi connectivity index (χ0v) is 10.2. The minimum absolute atomic E-state index is 0.0453. The molecule has 18 heavy (non-hydrogen) atoms. The van der Waals surface area contributed by atoms with Crippen molar-refractivity contribution in [1.29, 1.82) is 5.26 Å². The quantitative estimate of drug-likeness (QED) is 0.778. The molecule has 0 bridgehead atoms. The van der Waals surface area contributed by atoms with Gasteiger partial charge in [-0.1, -0.05) is 0 Å². The Bertz CT molecular complexity index is 508. The van der Waals surface area contributed by atoms with E-state index >= 15 is 0 Å². The van der Waals surface area contributed by atoms with Gasteiger partial charge < -0.3 is 16.0 Å². The summed E-state index contributed by atoms with van der Waals surface area (Å²) in [6, 6.07) is 3.35. The number of amides is 1. The maximum atomic E-state index is 11.8. The van der Waals surface area contributed by atoms with Gasteiger partial charge in [0.1, 0.15) is 12.1 Å². The Morgan fingerprint density at radius 1 is 1.72 bits per heavy atom. The maximum Gasteiger partial charge on any atom is 0.242 e. The summed E-state index contributed by atoms with van der Waals surface area (Å²) in [4.78, 5) is 17.9. The van der Waals surface area contributed by atoms with Crippen LogP contribution < -0.4 is 16.0 Å². The number of hydrogen-bond donors (Lipinski definition) is 2. The van der Waals surface area contributed by atoms with Crippen LogP contribution in [0.4, 0.5) is 11.5 Å². The van der Waals surface area contributed by atoms with E-state index in [4.69, 9.17) is 11.0 Å². The van der Waals surface area contributed by atoms with Crippen molar-refractivity contribution in [2.24, 2.45) is 0 Å². The molecule has 6 nitrogen and oxygen atoms in total. The average Bonchev–Trinajstić information content (AvgIpc) is 2.87. The summed E-state index contributed by atoms with van der Waals surface area (Å²) in [5.74, 6) is 0.483. The second-order valence-electron chi connectivity index (χ2n) is 4.17. The number of nitrogen functional groups attached to an aromatic ring is 1. The van der Waals surface area contributed by atoms with Gasteiger partial charge in [-0.15, -0.1) is 0 Å². The normalized spacial score (nSPS) is 18.4. The van der Waals surface area contributed by atoms with E-state index < -0.39 is 0 Å². The van der Waals surface area contributed by atoms with E-state index in [1.54, 1.807) is 19.3 Å². The third-order valence-electron chi connectivity index (χ3n) is 3.16. The molecule has 1 aliphatic heterocycles. The first-order chi connectivity index (χ1) is 8.69. The van der Waals surface area contributed by atoms with Crippen LogP contribution in [0, 0.1) is 11.3 Å². The molecule has 2 heterocycles. The molecule has 1 unspecified atom stereocenters. The van der Waals surface area contributed by atoms with Gasteiger partial charge in [0.05, 0.1) is 11.3 Å². The number of carbonyl (C=O) groups is 1. The Morgan fingerprint density at radius 3 is 3.17 bits per heavy atom. The smallest absolute Gasteiger partial charge is 0.242 e. The van der Waals surface area contributed by atoms with Crippen molar-refractivity contribution in [1.82, 2.24) is 10.3 Å². The summed E-state index contributed by atoms with van der Waals surface area (Å²) in [5.41, 5.74) is 6.65. The fourth-order valence-electron chi connectivity index (χ4n) is 2.25. The molecule has 6 heteroatoms. The zero-order chi connectivity index (χ0) is 13.1. The fraction of sp³-hybridized carbons (Fsp3) is 0.417. The van der Waals surface area contributed by atoms with Crippen LogP contribution in [-0.4, -0.2) is 30.5 Å². The molecule has 1 saturated heterocycles. The second-order valence-corrected chi connectivity index (χ2v) is 4.17. The zero-order valence-electron chi connectivity index (χ0n) is 10.2. The highest BCUT2D eigenvalue weighted by Crippen LogP contribution is 2.30. The standard InChI is InChI=1S/C12H15N5O/c1-15-12(18)9-3-2-6-17(9)11-10(14)8(7-13)4-5-16-11/h4-5,9H,2-3,6,14H2,1H3,(H,15,18). The van der Waals surface area contributed by atoms with Crippen LogP contribution in [0.5, 0.6) is 0 Å². The van der Waals surface area contributed by atoms with Gasteiger partial charge in [-0.2, -0.15) is 5.26 Å². The molecule has 1 amide bonds. The summed E-state index contributed by atoms with van der Waals surface area (Å²) in [6.07, 6.45) is 3.23. The first kappa shape index (κ1) is 12.2. The Labute approximate surface area is 105 Å². The second kappa shape index (κ2) is 4.92. The minimum atomic E-state index is -0.251. The van der Waals surface area contributed by atoms with Crippen molar-refractivity contribution >= 4 is 17.4 Å². The largest absolute Gasteiger partial charge is 0.395 e. The molecule has 1 fully saturated rings.